The lowest BCUT2D eigenvalue weighted by molar-refractivity contribution is -0.118. The molecule has 0 unspecified atom stereocenters. The molecule has 0 saturated heterocycles. The van der Waals surface area contributed by atoms with Crippen LogP contribution in [-0.2, 0) is 4.79 Å². The standard InChI is InChI=1S/C10H10BrNO/c11-10(9(12)13)6-8(10)7-4-2-1-3-5-7/h1-5,8H,6H2,(H2,12,13)/t8-,10-/m0/s1. The largest absolute Gasteiger partial charge is 0.368 e. The van der Waals surface area contributed by atoms with Gasteiger partial charge in [0, 0.05) is 5.92 Å². The molecule has 2 rings (SSSR count). The number of halogens is 1. The summed E-state index contributed by atoms with van der Waals surface area (Å²) in [4.78, 5) is 11.0. The van der Waals surface area contributed by atoms with E-state index in [0.717, 1.165) is 6.42 Å². The second-order valence-electron chi connectivity index (χ2n) is 3.39. The fourth-order valence-corrected chi connectivity index (χ4v) is 2.17. The monoisotopic (exact) mass is 239 g/mol. The fourth-order valence-electron chi connectivity index (χ4n) is 1.58. The molecular weight excluding hydrogens is 230 g/mol. The summed E-state index contributed by atoms with van der Waals surface area (Å²) in [7, 11) is 0. The number of amides is 1. The van der Waals surface area contributed by atoms with Crippen molar-refractivity contribution in [2.75, 3.05) is 0 Å². The molecule has 2 N–H and O–H groups in total. The van der Waals surface area contributed by atoms with Crippen LogP contribution >= 0.6 is 15.9 Å². The van der Waals surface area contributed by atoms with Gasteiger partial charge in [0.2, 0.25) is 5.91 Å². The summed E-state index contributed by atoms with van der Waals surface area (Å²) in [5.41, 5.74) is 6.45. The van der Waals surface area contributed by atoms with Crippen LogP contribution in [-0.4, -0.2) is 10.2 Å². The number of hydrogen-bond acceptors (Lipinski definition) is 1. The Morgan fingerprint density at radius 1 is 1.46 bits per heavy atom. The van der Waals surface area contributed by atoms with E-state index >= 15 is 0 Å². The molecule has 0 aromatic heterocycles. The Morgan fingerprint density at radius 2 is 2.08 bits per heavy atom. The molecule has 68 valence electrons. The summed E-state index contributed by atoms with van der Waals surface area (Å²) in [5.74, 6) is -0.00690. The minimum absolute atomic E-state index is 0.256. The SMILES string of the molecule is NC(=O)[C@]1(Br)C[C@H]1c1ccccc1. The quantitative estimate of drug-likeness (QED) is 0.787. The van der Waals surface area contributed by atoms with Gasteiger partial charge >= 0.3 is 0 Å². The number of alkyl halides is 1. The fraction of sp³-hybridized carbons (Fsp3) is 0.300. The van der Waals surface area contributed by atoms with E-state index < -0.39 is 4.32 Å². The van der Waals surface area contributed by atoms with Gasteiger partial charge in [0.25, 0.3) is 0 Å². The van der Waals surface area contributed by atoms with Gasteiger partial charge in [0.1, 0.15) is 4.32 Å². The molecule has 1 saturated carbocycles. The van der Waals surface area contributed by atoms with Crippen LogP contribution in [0.4, 0.5) is 0 Å². The third-order valence-corrected chi connectivity index (χ3v) is 3.77. The summed E-state index contributed by atoms with van der Waals surface area (Å²) in [6.45, 7) is 0. The Morgan fingerprint density at radius 3 is 2.54 bits per heavy atom. The molecule has 0 radical (unpaired) electrons. The van der Waals surface area contributed by atoms with E-state index in [9.17, 15) is 4.79 Å². The number of benzene rings is 1. The van der Waals surface area contributed by atoms with Gasteiger partial charge in [0.05, 0.1) is 0 Å². The Labute approximate surface area is 85.3 Å². The van der Waals surface area contributed by atoms with Crippen LogP contribution in [0.2, 0.25) is 0 Å². The summed E-state index contributed by atoms with van der Waals surface area (Å²) in [5, 5.41) is 0. The summed E-state index contributed by atoms with van der Waals surface area (Å²) in [6, 6.07) is 9.96. The van der Waals surface area contributed by atoms with E-state index in [1.165, 1.54) is 5.56 Å². The van der Waals surface area contributed by atoms with Crippen LogP contribution in [0.5, 0.6) is 0 Å². The second-order valence-corrected chi connectivity index (χ2v) is 4.81. The van der Waals surface area contributed by atoms with Crippen molar-refractivity contribution in [2.24, 2.45) is 5.73 Å². The molecule has 1 amide bonds. The number of carbonyl (C=O) groups excluding carboxylic acids is 1. The number of carbonyl (C=O) groups is 1. The highest BCUT2D eigenvalue weighted by atomic mass is 79.9. The second kappa shape index (κ2) is 2.84. The molecule has 1 aromatic rings. The Balaban J connectivity index is 2.21. The van der Waals surface area contributed by atoms with Gasteiger partial charge < -0.3 is 5.73 Å². The van der Waals surface area contributed by atoms with Gasteiger partial charge in [-0.3, -0.25) is 4.79 Å². The van der Waals surface area contributed by atoms with Crippen LogP contribution in [0.1, 0.15) is 17.9 Å². The Hall–Kier alpha value is -0.830. The van der Waals surface area contributed by atoms with Crippen molar-refractivity contribution in [1.82, 2.24) is 0 Å². The molecule has 1 aliphatic carbocycles. The van der Waals surface area contributed by atoms with E-state index in [1.54, 1.807) is 0 Å². The summed E-state index contributed by atoms with van der Waals surface area (Å²) < 4.78 is -0.478. The molecule has 3 heteroatoms. The maximum absolute atomic E-state index is 11.0. The predicted octanol–water partition coefficient (Wildman–Crippen LogP) is 1.79. The van der Waals surface area contributed by atoms with Crippen LogP contribution in [0.3, 0.4) is 0 Å². The first-order valence-corrected chi connectivity index (χ1v) is 4.97. The summed E-state index contributed by atoms with van der Waals surface area (Å²) >= 11 is 3.38. The van der Waals surface area contributed by atoms with Crippen molar-refractivity contribution >= 4 is 21.8 Å². The third-order valence-electron chi connectivity index (χ3n) is 2.50. The Kier molecular flexibility index (Phi) is 1.91. The average Bonchev–Trinajstić information content (AvgIpc) is 2.81. The zero-order chi connectivity index (χ0) is 9.47. The van der Waals surface area contributed by atoms with E-state index in [4.69, 9.17) is 5.73 Å². The molecule has 1 aromatic carbocycles. The first-order chi connectivity index (χ1) is 6.14. The average molecular weight is 240 g/mol. The maximum Gasteiger partial charge on any atom is 0.234 e. The first-order valence-electron chi connectivity index (χ1n) is 4.18. The van der Waals surface area contributed by atoms with Crippen molar-refractivity contribution in [3.05, 3.63) is 35.9 Å². The number of hydrogen-bond donors (Lipinski definition) is 1. The molecule has 0 aliphatic heterocycles. The predicted molar refractivity (Wildman–Crippen MR) is 54.7 cm³/mol. The highest BCUT2D eigenvalue weighted by Crippen LogP contribution is 2.57. The molecule has 1 fully saturated rings. The van der Waals surface area contributed by atoms with Gasteiger partial charge in [-0.25, -0.2) is 0 Å². The smallest absolute Gasteiger partial charge is 0.234 e. The topological polar surface area (TPSA) is 43.1 Å². The number of rotatable bonds is 2. The van der Waals surface area contributed by atoms with Crippen LogP contribution < -0.4 is 5.73 Å². The van der Waals surface area contributed by atoms with Gasteiger partial charge in [0.15, 0.2) is 0 Å². The molecule has 2 atom stereocenters. The zero-order valence-electron chi connectivity index (χ0n) is 7.03. The minimum atomic E-state index is -0.478. The van der Waals surface area contributed by atoms with E-state index in [2.05, 4.69) is 15.9 Å². The molecule has 0 bridgehead atoms. The van der Waals surface area contributed by atoms with Crippen molar-refractivity contribution < 1.29 is 4.79 Å². The molecule has 1 aliphatic rings. The number of nitrogens with two attached hydrogens (primary N) is 1. The number of primary amides is 1. The van der Waals surface area contributed by atoms with Crippen molar-refractivity contribution in [3.63, 3.8) is 0 Å². The van der Waals surface area contributed by atoms with E-state index in [1.807, 2.05) is 30.3 Å². The molecule has 0 heterocycles. The molecule has 0 spiro atoms. The van der Waals surface area contributed by atoms with Gasteiger partial charge in [-0.15, -0.1) is 0 Å². The normalized spacial score (nSPS) is 31.3. The van der Waals surface area contributed by atoms with Crippen LogP contribution in [0, 0.1) is 0 Å². The van der Waals surface area contributed by atoms with Crippen molar-refractivity contribution in [1.29, 1.82) is 0 Å². The van der Waals surface area contributed by atoms with Gasteiger partial charge in [-0.05, 0) is 12.0 Å². The Bertz CT molecular complexity index is 338. The lowest BCUT2D eigenvalue weighted by atomic mass is 10.1. The first kappa shape index (κ1) is 8.75. The van der Waals surface area contributed by atoms with Crippen LogP contribution in [0.15, 0.2) is 30.3 Å². The zero-order valence-corrected chi connectivity index (χ0v) is 8.62. The van der Waals surface area contributed by atoms with E-state index in [0.29, 0.717) is 0 Å². The summed E-state index contributed by atoms with van der Waals surface area (Å²) in [6.07, 6.45) is 0.812. The van der Waals surface area contributed by atoms with Gasteiger partial charge in [-0.2, -0.15) is 0 Å². The lowest BCUT2D eigenvalue weighted by Gasteiger charge is -2.03. The molecular formula is C10H10BrNO. The highest BCUT2D eigenvalue weighted by molar-refractivity contribution is 9.10. The van der Waals surface area contributed by atoms with E-state index in [-0.39, 0.29) is 11.8 Å². The lowest BCUT2D eigenvalue weighted by Crippen LogP contribution is -2.26. The molecule has 13 heavy (non-hydrogen) atoms. The third kappa shape index (κ3) is 1.37. The maximum atomic E-state index is 11.0. The highest BCUT2D eigenvalue weighted by Gasteiger charge is 2.57. The van der Waals surface area contributed by atoms with Gasteiger partial charge in [-0.1, -0.05) is 46.3 Å². The minimum Gasteiger partial charge on any atom is -0.368 e. The van der Waals surface area contributed by atoms with Crippen molar-refractivity contribution in [3.8, 4) is 0 Å². The molecule has 2 nitrogen and oxygen atoms in total. The van der Waals surface area contributed by atoms with Crippen LogP contribution in [0.25, 0.3) is 0 Å². The van der Waals surface area contributed by atoms with Crippen molar-refractivity contribution in [2.45, 2.75) is 16.7 Å².